The van der Waals surface area contributed by atoms with Crippen LogP contribution in [0, 0.1) is 6.92 Å². The number of hydrogen-bond acceptors (Lipinski definition) is 7. The van der Waals surface area contributed by atoms with Crippen molar-refractivity contribution in [3.05, 3.63) is 75.2 Å². The van der Waals surface area contributed by atoms with E-state index in [9.17, 15) is 9.59 Å². The lowest BCUT2D eigenvalue weighted by Gasteiger charge is -2.38. The average Bonchev–Trinajstić information content (AvgIpc) is 3.52. The van der Waals surface area contributed by atoms with E-state index in [-0.39, 0.29) is 29.5 Å². The quantitative estimate of drug-likeness (QED) is 0.324. The third-order valence-corrected chi connectivity index (χ3v) is 8.61. The minimum atomic E-state index is -1.57. The van der Waals surface area contributed by atoms with Crippen LogP contribution < -0.4 is 19.7 Å². The number of ether oxygens (including phenoxy) is 2. The third-order valence-electron chi connectivity index (χ3n) is 8.14. The van der Waals surface area contributed by atoms with Crippen molar-refractivity contribution in [2.24, 2.45) is 0 Å². The Morgan fingerprint density at radius 2 is 1.78 bits per heavy atom. The number of benzene rings is 2. The molecule has 1 spiro atoms. The standard InChI is InChI=1S/C29H24Cl2N6O4/c1-14-7-8-16(31)12-21(14)37-26(38)22-23(29(37)19-10-9-15(30)11-20(19)33-27(29)39)36(17-5-4-6-17)24(34-22)18-13-32-28(41-3)35-25(18)40-2/h7-13,17H,4-6H2,1-3H3,(H,33,39)/t29-/m0/s1. The van der Waals surface area contributed by atoms with E-state index < -0.39 is 11.4 Å². The summed E-state index contributed by atoms with van der Waals surface area (Å²) in [6.07, 6.45) is 4.27. The minimum absolute atomic E-state index is 0.0118. The van der Waals surface area contributed by atoms with Gasteiger partial charge in [0.15, 0.2) is 11.2 Å². The molecule has 0 bridgehead atoms. The van der Waals surface area contributed by atoms with E-state index in [0.29, 0.717) is 44.1 Å². The van der Waals surface area contributed by atoms with Crippen molar-refractivity contribution in [1.82, 2.24) is 19.5 Å². The van der Waals surface area contributed by atoms with Crippen LogP contribution in [0.15, 0.2) is 42.6 Å². The Balaban J connectivity index is 1.58. The second kappa shape index (κ2) is 9.19. The summed E-state index contributed by atoms with van der Waals surface area (Å²) in [6, 6.07) is 10.6. The van der Waals surface area contributed by atoms with Gasteiger partial charge in [-0.05, 0) is 56.0 Å². The monoisotopic (exact) mass is 590 g/mol. The number of halogens is 2. The molecule has 1 aliphatic carbocycles. The second-order valence-electron chi connectivity index (χ2n) is 10.3. The molecule has 2 aromatic carbocycles. The highest BCUT2D eigenvalue weighted by Gasteiger charge is 2.64. The van der Waals surface area contributed by atoms with Gasteiger partial charge in [-0.15, -0.1) is 0 Å². The van der Waals surface area contributed by atoms with E-state index in [1.807, 2.05) is 17.6 Å². The molecule has 208 valence electrons. The molecule has 0 radical (unpaired) electrons. The number of nitrogens with zero attached hydrogens (tertiary/aromatic N) is 5. The van der Waals surface area contributed by atoms with Gasteiger partial charge in [0, 0.05) is 33.5 Å². The van der Waals surface area contributed by atoms with E-state index >= 15 is 0 Å². The number of rotatable bonds is 5. The molecular weight excluding hydrogens is 567 g/mol. The number of nitrogens with one attached hydrogen (secondary N) is 1. The first kappa shape index (κ1) is 25.8. The van der Waals surface area contributed by atoms with E-state index in [4.69, 9.17) is 37.7 Å². The Kier molecular flexibility index (Phi) is 5.78. The summed E-state index contributed by atoms with van der Waals surface area (Å²) in [6.45, 7) is 1.88. The van der Waals surface area contributed by atoms with Crippen LogP contribution in [0.3, 0.4) is 0 Å². The van der Waals surface area contributed by atoms with Crippen LogP contribution in [0.2, 0.25) is 10.0 Å². The van der Waals surface area contributed by atoms with Crippen LogP contribution in [0.25, 0.3) is 11.4 Å². The number of methoxy groups -OCH3 is 2. The lowest BCUT2D eigenvalue weighted by atomic mass is 9.85. The summed E-state index contributed by atoms with van der Waals surface area (Å²) in [5.74, 6) is -0.111. The molecule has 7 rings (SSSR count). The van der Waals surface area contributed by atoms with Crippen LogP contribution in [0.4, 0.5) is 11.4 Å². The van der Waals surface area contributed by atoms with Crippen molar-refractivity contribution < 1.29 is 19.1 Å². The minimum Gasteiger partial charge on any atom is -0.480 e. The molecule has 4 aromatic rings. The molecule has 0 unspecified atom stereocenters. The molecule has 1 fully saturated rings. The molecule has 3 aliphatic rings. The highest BCUT2D eigenvalue weighted by molar-refractivity contribution is 6.32. The van der Waals surface area contributed by atoms with Crippen molar-refractivity contribution in [2.45, 2.75) is 37.8 Å². The summed E-state index contributed by atoms with van der Waals surface area (Å²) in [4.78, 5) is 44.0. The van der Waals surface area contributed by atoms with Crippen LogP contribution in [0.5, 0.6) is 11.9 Å². The smallest absolute Gasteiger partial charge is 0.319 e. The maximum absolute atomic E-state index is 14.5. The zero-order valence-electron chi connectivity index (χ0n) is 22.4. The molecule has 4 heterocycles. The number of amides is 2. The van der Waals surface area contributed by atoms with E-state index in [2.05, 4.69) is 15.3 Å². The number of hydrogen-bond donors (Lipinski definition) is 1. The SMILES string of the molecule is COc1ncc(-c2nc3c(n2C2CCC2)[C@@]2(C(=O)Nc4cc(Cl)ccc42)N(c2cc(Cl)ccc2C)C3=O)c(OC)n1. The second-order valence-corrected chi connectivity index (χ2v) is 11.2. The maximum Gasteiger partial charge on any atom is 0.319 e. The lowest BCUT2D eigenvalue weighted by molar-refractivity contribution is -0.119. The Morgan fingerprint density at radius 1 is 1.02 bits per heavy atom. The van der Waals surface area contributed by atoms with Crippen LogP contribution in [-0.4, -0.2) is 45.6 Å². The number of carbonyl (C=O) groups excluding carboxylic acids is 2. The van der Waals surface area contributed by atoms with Crippen molar-refractivity contribution in [3.8, 4) is 23.3 Å². The molecular formula is C29H24Cl2N6O4. The predicted molar refractivity (Wildman–Crippen MR) is 153 cm³/mol. The number of fused-ring (bicyclic) bond motifs is 4. The zero-order valence-corrected chi connectivity index (χ0v) is 23.9. The van der Waals surface area contributed by atoms with Gasteiger partial charge in [-0.3, -0.25) is 14.5 Å². The summed E-state index contributed by atoms with van der Waals surface area (Å²) >= 11 is 12.8. The molecule has 0 saturated heterocycles. The van der Waals surface area contributed by atoms with E-state index in [1.54, 1.807) is 36.5 Å². The van der Waals surface area contributed by atoms with Gasteiger partial charge in [0.2, 0.25) is 5.88 Å². The van der Waals surface area contributed by atoms with Gasteiger partial charge in [0.1, 0.15) is 5.82 Å². The lowest BCUT2D eigenvalue weighted by Crippen LogP contribution is -2.51. The van der Waals surface area contributed by atoms with Gasteiger partial charge in [0.25, 0.3) is 11.8 Å². The largest absolute Gasteiger partial charge is 0.480 e. The highest BCUT2D eigenvalue weighted by atomic mass is 35.5. The first-order valence-corrected chi connectivity index (χ1v) is 13.9. The van der Waals surface area contributed by atoms with Gasteiger partial charge in [-0.25, -0.2) is 9.97 Å². The van der Waals surface area contributed by atoms with Gasteiger partial charge in [-0.2, -0.15) is 4.98 Å². The van der Waals surface area contributed by atoms with Crippen molar-refractivity contribution >= 4 is 46.4 Å². The van der Waals surface area contributed by atoms with Gasteiger partial charge in [-0.1, -0.05) is 35.3 Å². The Labute approximate surface area is 245 Å². The molecule has 2 amide bonds. The molecule has 2 aromatic heterocycles. The molecule has 12 heteroatoms. The van der Waals surface area contributed by atoms with Gasteiger partial charge < -0.3 is 19.4 Å². The van der Waals surface area contributed by atoms with Crippen molar-refractivity contribution in [2.75, 3.05) is 24.4 Å². The Hall–Kier alpha value is -4.15. The summed E-state index contributed by atoms with van der Waals surface area (Å²) < 4.78 is 12.8. The number of imidazole rings is 1. The van der Waals surface area contributed by atoms with Crippen LogP contribution in [0.1, 0.15) is 52.6 Å². The Bertz CT molecular complexity index is 1790. The molecule has 10 nitrogen and oxygen atoms in total. The molecule has 1 atom stereocenters. The topological polar surface area (TPSA) is 111 Å². The van der Waals surface area contributed by atoms with Crippen molar-refractivity contribution in [3.63, 3.8) is 0 Å². The fourth-order valence-electron chi connectivity index (χ4n) is 6.08. The van der Waals surface area contributed by atoms with Crippen LogP contribution >= 0.6 is 23.2 Å². The first-order valence-electron chi connectivity index (χ1n) is 13.1. The third kappa shape index (κ3) is 3.47. The highest BCUT2D eigenvalue weighted by Crippen LogP contribution is 2.56. The fraction of sp³-hybridized carbons (Fsp3) is 0.276. The zero-order chi connectivity index (χ0) is 28.6. The molecule has 2 aliphatic heterocycles. The normalized spacial score (nSPS) is 19.3. The average molecular weight is 591 g/mol. The number of carbonyl (C=O) groups is 2. The number of anilines is 2. The molecule has 1 N–H and O–H groups in total. The maximum atomic E-state index is 14.5. The number of aromatic nitrogens is 4. The first-order chi connectivity index (χ1) is 19.8. The van der Waals surface area contributed by atoms with Crippen molar-refractivity contribution in [1.29, 1.82) is 0 Å². The van der Waals surface area contributed by atoms with E-state index in [1.165, 1.54) is 19.1 Å². The van der Waals surface area contributed by atoms with Gasteiger partial charge >= 0.3 is 6.01 Å². The predicted octanol–water partition coefficient (Wildman–Crippen LogP) is 5.55. The van der Waals surface area contributed by atoms with Gasteiger partial charge in [0.05, 0.1) is 31.2 Å². The molecule has 41 heavy (non-hydrogen) atoms. The number of aryl methyl sites for hydroxylation is 1. The summed E-state index contributed by atoms with van der Waals surface area (Å²) in [5, 5.41) is 3.90. The molecule has 1 saturated carbocycles. The Morgan fingerprint density at radius 3 is 2.49 bits per heavy atom. The summed E-state index contributed by atoms with van der Waals surface area (Å²) in [7, 11) is 2.96. The fourth-order valence-corrected chi connectivity index (χ4v) is 6.42. The summed E-state index contributed by atoms with van der Waals surface area (Å²) in [5.41, 5.74) is 2.00. The van der Waals surface area contributed by atoms with Crippen LogP contribution in [-0.2, 0) is 10.3 Å². The van der Waals surface area contributed by atoms with E-state index in [0.717, 1.165) is 24.8 Å².